The molecule has 1 aromatic carbocycles. The van der Waals surface area contributed by atoms with Crippen LogP contribution in [0.25, 0.3) is 0 Å². The highest BCUT2D eigenvalue weighted by atomic mass is 32.1. The van der Waals surface area contributed by atoms with Crippen molar-refractivity contribution in [3.63, 3.8) is 0 Å². The van der Waals surface area contributed by atoms with Gasteiger partial charge in [0, 0.05) is 11.9 Å². The van der Waals surface area contributed by atoms with E-state index >= 15 is 0 Å². The molecule has 1 aromatic heterocycles. The van der Waals surface area contributed by atoms with Gasteiger partial charge in [0.15, 0.2) is 11.6 Å². The Balaban J connectivity index is 1.93. The van der Waals surface area contributed by atoms with Gasteiger partial charge < -0.3 is 11.1 Å². The van der Waals surface area contributed by atoms with E-state index in [1.807, 2.05) is 0 Å². The third-order valence-corrected chi connectivity index (χ3v) is 4.35. The number of nitrogens with one attached hydrogen (secondary N) is 1. The van der Waals surface area contributed by atoms with Gasteiger partial charge in [0.05, 0.1) is 6.04 Å². The summed E-state index contributed by atoms with van der Waals surface area (Å²) in [5.41, 5.74) is 6.80. The number of aromatic nitrogens is 1. The van der Waals surface area contributed by atoms with Crippen LogP contribution in [0.15, 0.2) is 23.6 Å². The number of carbonyl (C=O) groups excluding carboxylic acids is 1. The van der Waals surface area contributed by atoms with Crippen LogP contribution in [-0.4, -0.2) is 10.9 Å². The Hall–Kier alpha value is -1.86. The maximum Gasteiger partial charge on any atom is 0.271 e. The maximum atomic E-state index is 13.1. The van der Waals surface area contributed by atoms with Gasteiger partial charge >= 0.3 is 0 Å². The van der Waals surface area contributed by atoms with Crippen molar-refractivity contribution >= 4 is 17.2 Å². The minimum absolute atomic E-state index is 0.102. The van der Waals surface area contributed by atoms with Crippen LogP contribution in [0.4, 0.5) is 8.78 Å². The first-order valence-electron chi connectivity index (χ1n) is 7.44. The van der Waals surface area contributed by atoms with E-state index in [-0.39, 0.29) is 18.5 Å². The van der Waals surface area contributed by atoms with Gasteiger partial charge in [-0.2, -0.15) is 0 Å². The van der Waals surface area contributed by atoms with E-state index in [1.54, 1.807) is 5.38 Å². The first-order chi connectivity index (χ1) is 11.0. The molecule has 0 saturated heterocycles. The van der Waals surface area contributed by atoms with Crippen LogP contribution in [0.1, 0.15) is 53.3 Å². The number of rotatable bonds is 7. The van der Waals surface area contributed by atoms with E-state index in [0.717, 1.165) is 36.4 Å². The molecule has 0 spiro atoms. The van der Waals surface area contributed by atoms with Gasteiger partial charge in [-0.15, -0.1) is 11.3 Å². The predicted molar refractivity (Wildman–Crippen MR) is 86.1 cm³/mol. The average molecular weight is 339 g/mol. The Kier molecular flexibility index (Phi) is 6.18. The molecule has 7 heteroatoms. The molecule has 0 radical (unpaired) electrons. The molecule has 1 atom stereocenters. The lowest BCUT2D eigenvalue weighted by molar-refractivity contribution is 0.0946. The standard InChI is InChI=1S/C16H19F2N3OS/c1-2-3-4-13(19)16-21-14(9-23-16)15(22)20-8-10-5-6-11(17)12(18)7-10/h5-7,9,13H,2-4,8,19H2,1H3,(H,20,22). The number of nitrogens with zero attached hydrogens (tertiary/aromatic N) is 1. The van der Waals surface area contributed by atoms with Gasteiger partial charge in [0.2, 0.25) is 0 Å². The Bertz CT molecular complexity index is 675. The first-order valence-corrected chi connectivity index (χ1v) is 8.32. The molecule has 4 nitrogen and oxygen atoms in total. The summed E-state index contributed by atoms with van der Waals surface area (Å²) in [4.78, 5) is 16.3. The van der Waals surface area contributed by atoms with Crippen molar-refractivity contribution in [2.75, 3.05) is 0 Å². The SMILES string of the molecule is CCCCC(N)c1nc(C(=O)NCc2ccc(F)c(F)c2)cs1. The van der Waals surface area contributed by atoms with Gasteiger partial charge in [-0.1, -0.05) is 25.8 Å². The number of unbranched alkanes of at least 4 members (excludes halogenated alkanes) is 1. The molecular weight excluding hydrogens is 320 g/mol. The zero-order valence-corrected chi connectivity index (χ0v) is 13.6. The molecular formula is C16H19F2N3OS. The van der Waals surface area contributed by atoms with Crippen LogP contribution in [0, 0.1) is 11.6 Å². The molecule has 23 heavy (non-hydrogen) atoms. The van der Waals surface area contributed by atoms with Crippen LogP contribution >= 0.6 is 11.3 Å². The third kappa shape index (κ3) is 4.80. The summed E-state index contributed by atoms with van der Waals surface area (Å²) in [5.74, 6) is -2.21. The van der Waals surface area contributed by atoms with Gasteiger partial charge in [-0.3, -0.25) is 4.79 Å². The number of benzene rings is 1. The van der Waals surface area contributed by atoms with Crippen molar-refractivity contribution in [3.8, 4) is 0 Å². The zero-order valence-electron chi connectivity index (χ0n) is 12.8. The molecule has 3 N–H and O–H groups in total. The van der Waals surface area contributed by atoms with Crippen LogP contribution in [0.5, 0.6) is 0 Å². The third-order valence-electron chi connectivity index (χ3n) is 3.38. The summed E-state index contributed by atoms with van der Waals surface area (Å²) in [7, 11) is 0. The fraction of sp³-hybridized carbons (Fsp3) is 0.375. The van der Waals surface area contributed by atoms with Crippen LogP contribution in [0.3, 0.4) is 0 Å². The Morgan fingerprint density at radius 1 is 1.39 bits per heavy atom. The number of thiazole rings is 1. The van der Waals surface area contributed by atoms with Crippen LogP contribution < -0.4 is 11.1 Å². The molecule has 0 aliphatic carbocycles. The summed E-state index contributed by atoms with van der Waals surface area (Å²) in [6.45, 7) is 2.19. The number of amides is 1. The first kappa shape index (κ1) is 17.5. The summed E-state index contributed by atoms with van der Waals surface area (Å²) in [6.07, 6.45) is 2.90. The van der Waals surface area contributed by atoms with Crippen molar-refractivity contribution < 1.29 is 13.6 Å². The van der Waals surface area contributed by atoms with Crippen molar-refractivity contribution in [1.82, 2.24) is 10.3 Å². The van der Waals surface area contributed by atoms with E-state index in [4.69, 9.17) is 5.73 Å². The molecule has 0 saturated carbocycles. The molecule has 2 aromatic rings. The van der Waals surface area contributed by atoms with Gasteiger partial charge in [-0.05, 0) is 24.1 Å². The number of nitrogens with two attached hydrogens (primary N) is 1. The average Bonchev–Trinajstić information content (AvgIpc) is 3.03. The fourth-order valence-electron chi connectivity index (χ4n) is 2.03. The highest BCUT2D eigenvalue weighted by Crippen LogP contribution is 2.21. The van der Waals surface area contributed by atoms with Gasteiger partial charge in [0.25, 0.3) is 5.91 Å². The van der Waals surface area contributed by atoms with Crippen molar-refractivity contribution in [1.29, 1.82) is 0 Å². The molecule has 1 unspecified atom stereocenters. The van der Waals surface area contributed by atoms with E-state index in [9.17, 15) is 13.6 Å². The van der Waals surface area contributed by atoms with E-state index < -0.39 is 11.6 Å². The molecule has 124 valence electrons. The Morgan fingerprint density at radius 2 is 2.17 bits per heavy atom. The fourth-order valence-corrected chi connectivity index (χ4v) is 2.87. The molecule has 1 heterocycles. The summed E-state index contributed by atoms with van der Waals surface area (Å²) in [5, 5.41) is 5.02. The lowest BCUT2D eigenvalue weighted by Gasteiger charge is -2.06. The number of halogens is 2. The van der Waals surface area contributed by atoms with Crippen LogP contribution in [-0.2, 0) is 6.54 Å². The highest BCUT2D eigenvalue weighted by Gasteiger charge is 2.15. The second-order valence-electron chi connectivity index (χ2n) is 5.25. The minimum Gasteiger partial charge on any atom is -0.347 e. The smallest absolute Gasteiger partial charge is 0.271 e. The Morgan fingerprint density at radius 3 is 2.87 bits per heavy atom. The van der Waals surface area contributed by atoms with Crippen molar-refractivity contribution in [3.05, 3.63) is 51.5 Å². The van der Waals surface area contributed by atoms with Gasteiger partial charge in [0.1, 0.15) is 10.7 Å². The molecule has 0 fully saturated rings. The molecule has 0 aliphatic heterocycles. The highest BCUT2D eigenvalue weighted by molar-refractivity contribution is 7.09. The molecule has 0 bridgehead atoms. The largest absolute Gasteiger partial charge is 0.347 e. The van der Waals surface area contributed by atoms with E-state index in [2.05, 4.69) is 17.2 Å². The number of hydrogen-bond acceptors (Lipinski definition) is 4. The molecule has 1 amide bonds. The lowest BCUT2D eigenvalue weighted by Crippen LogP contribution is -2.23. The predicted octanol–water partition coefficient (Wildman–Crippen LogP) is 3.54. The Labute approximate surface area is 137 Å². The topological polar surface area (TPSA) is 68.0 Å². The second kappa shape index (κ2) is 8.12. The van der Waals surface area contributed by atoms with E-state index in [1.165, 1.54) is 17.4 Å². The number of hydrogen-bond donors (Lipinski definition) is 2. The van der Waals surface area contributed by atoms with Crippen molar-refractivity contribution in [2.45, 2.75) is 38.8 Å². The zero-order chi connectivity index (χ0) is 16.8. The lowest BCUT2D eigenvalue weighted by atomic mass is 10.1. The second-order valence-corrected chi connectivity index (χ2v) is 6.14. The van der Waals surface area contributed by atoms with Crippen LogP contribution in [0.2, 0.25) is 0 Å². The minimum atomic E-state index is -0.936. The molecule has 2 rings (SSSR count). The summed E-state index contributed by atoms with van der Waals surface area (Å²) >= 11 is 1.36. The van der Waals surface area contributed by atoms with E-state index in [0.29, 0.717) is 11.3 Å². The van der Waals surface area contributed by atoms with Gasteiger partial charge in [-0.25, -0.2) is 13.8 Å². The maximum absolute atomic E-state index is 13.1. The number of carbonyl (C=O) groups is 1. The normalized spacial score (nSPS) is 12.2. The molecule has 0 aliphatic rings. The quantitative estimate of drug-likeness (QED) is 0.811. The summed E-state index contributed by atoms with van der Waals surface area (Å²) in [6, 6.07) is 3.35. The van der Waals surface area contributed by atoms with Crippen molar-refractivity contribution in [2.24, 2.45) is 5.73 Å². The summed E-state index contributed by atoms with van der Waals surface area (Å²) < 4.78 is 26.0. The monoisotopic (exact) mass is 339 g/mol.